The minimum atomic E-state index is 0.712. The first-order chi connectivity index (χ1) is 9.31. The van der Waals surface area contributed by atoms with Crippen molar-refractivity contribution in [2.24, 2.45) is 0 Å². The molecule has 4 nitrogen and oxygen atoms in total. The number of hydrogen-bond donors (Lipinski definition) is 1. The summed E-state index contributed by atoms with van der Waals surface area (Å²) in [6, 6.07) is 6.01. The number of nitrogens with zero attached hydrogens (tertiary/aromatic N) is 1. The van der Waals surface area contributed by atoms with Crippen LogP contribution in [0.5, 0.6) is 0 Å². The van der Waals surface area contributed by atoms with Gasteiger partial charge in [0.25, 0.3) is 0 Å². The molecular formula is C14H18N2O2S. The van der Waals surface area contributed by atoms with Gasteiger partial charge in [0.2, 0.25) is 0 Å². The molecular weight excluding hydrogens is 260 g/mol. The third-order valence-electron chi connectivity index (χ3n) is 2.67. The van der Waals surface area contributed by atoms with Crippen LogP contribution in [0.25, 0.3) is 0 Å². The zero-order valence-corrected chi connectivity index (χ0v) is 12.0. The Hall–Kier alpha value is -1.30. The Morgan fingerprint density at radius 1 is 1.42 bits per heavy atom. The molecule has 19 heavy (non-hydrogen) atoms. The fraction of sp³-hybridized carbons (Fsp3) is 0.357. The number of methoxy groups -OCH3 is 1. The van der Waals surface area contributed by atoms with Crippen molar-refractivity contribution in [3.05, 3.63) is 42.0 Å². The molecule has 2 heterocycles. The van der Waals surface area contributed by atoms with Crippen molar-refractivity contribution in [1.82, 2.24) is 10.3 Å². The van der Waals surface area contributed by atoms with Crippen molar-refractivity contribution in [2.45, 2.75) is 23.4 Å². The first-order valence-electron chi connectivity index (χ1n) is 6.16. The minimum Gasteiger partial charge on any atom is -0.468 e. The summed E-state index contributed by atoms with van der Waals surface area (Å²) in [5.41, 5.74) is 1.18. The zero-order chi connectivity index (χ0) is 13.5. The molecule has 0 unspecified atom stereocenters. The minimum absolute atomic E-state index is 0.712. The molecule has 0 radical (unpaired) electrons. The van der Waals surface area contributed by atoms with E-state index in [1.54, 1.807) is 25.1 Å². The number of furan rings is 1. The first kappa shape index (κ1) is 14.1. The molecule has 2 rings (SSSR count). The molecule has 0 aromatic carbocycles. The second-order valence-corrected chi connectivity index (χ2v) is 5.11. The van der Waals surface area contributed by atoms with E-state index >= 15 is 0 Å². The van der Waals surface area contributed by atoms with E-state index in [-0.39, 0.29) is 0 Å². The van der Waals surface area contributed by atoms with Gasteiger partial charge in [-0.05, 0) is 24.6 Å². The van der Waals surface area contributed by atoms with Crippen LogP contribution in [0.15, 0.2) is 45.0 Å². The first-order valence-corrected chi connectivity index (χ1v) is 6.98. The standard InChI is InChI=1S/C14H18N2O2S/c1-11-13(5-8-18-11)19-14-12(4-3-6-16-14)10-15-7-9-17-2/h3-6,8,15H,7,9-10H2,1-2H3. The highest BCUT2D eigenvalue weighted by molar-refractivity contribution is 7.99. The summed E-state index contributed by atoms with van der Waals surface area (Å²) >= 11 is 1.64. The molecule has 102 valence electrons. The second-order valence-electron chi connectivity index (χ2n) is 4.08. The van der Waals surface area contributed by atoms with Crippen molar-refractivity contribution < 1.29 is 9.15 Å². The van der Waals surface area contributed by atoms with E-state index in [4.69, 9.17) is 9.15 Å². The maximum absolute atomic E-state index is 5.31. The van der Waals surface area contributed by atoms with Gasteiger partial charge in [-0.2, -0.15) is 0 Å². The normalized spacial score (nSPS) is 10.8. The molecule has 0 aliphatic carbocycles. The molecule has 0 aliphatic heterocycles. The number of nitrogens with one attached hydrogen (secondary N) is 1. The van der Waals surface area contributed by atoms with Gasteiger partial charge in [-0.3, -0.25) is 0 Å². The Morgan fingerprint density at radius 2 is 2.32 bits per heavy atom. The maximum Gasteiger partial charge on any atom is 0.114 e. The van der Waals surface area contributed by atoms with Gasteiger partial charge < -0.3 is 14.5 Å². The molecule has 0 atom stereocenters. The van der Waals surface area contributed by atoms with Crippen LogP contribution in [0.3, 0.4) is 0 Å². The lowest BCUT2D eigenvalue weighted by Gasteiger charge is -2.08. The molecule has 2 aromatic rings. The Bertz CT molecular complexity index is 514. The van der Waals surface area contributed by atoms with Crippen LogP contribution < -0.4 is 5.32 Å². The second kappa shape index (κ2) is 7.33. The van der Waals surface area contributed by atoms with Crippen molar-refractivity contribution in [3.8, 4) is 0 Å². The SMILES string of the molecule is COCCNCc1cccnc1Sc1ccoc1C. The van der Waals surface area contributed by atoms with Gasteiger partial charge in [-0.1, -0.05) is 17.8 Å². The monoisotopic (exact) mass is 278 g/mol. The summed E-state index contributed by atoms with van der Waals surface area (Å²) in [6.07, 6.45) is 3.52. The summed E-state index contributed by atoms with van der Waals surface area (Å²) in [6.45, 7) is 4.29. The number of pyridine rings is 1. The molecule has 0 bridgehead atoms. The predicted molar refractivity (Wildman–Crippen MR) is 75.4 cm³/mol. The van der Waals surface area contributed by atoms with Crippen LogP contribution in [0.2, 0.25) is 0 Å². The van der Waals surface area contributed by atoms with Crippen molar-refractivity contribution >= 4 is 11.8 Å². The van der Waals surface area contributed by atoms with Gasteiger partial charge in [-0.25, -0.2) is 4.98 Å². The summed E-state index contributed by atoms with van der Waals surface area (Å²) in [5, 5.41) is 4.35. The van der Waals surface area contributed by atoms with Crippen LogP contribution in [0, 0.1) is 6.92 Å². The number of rotatable bonds is 7. The smallest absolute Gasteiger partial charge is 0.114 e. The van der Waals surface area contributed by atoms with E-state index in [0.717, 1.165) is 28.8 Å². The Labute approximate surface area is 117 Å². The van der Waals surface area contributed by atoms with Crippen LogP contribution >= 0.6 is 11.8 Å². The highest BCUT2D eigenvalue weighted by Gasteiger charge is 2.08. The van der Waals surface area contributed by atoms with E-state index in [1.807, 2.05) is 25.3 Å². The number of ether oxygens (including phenoxy) is 1. The van der Waals surface area contributed by atoms with Gasteiger partial charge in [-0.15, -0.1) is 0 Å². The third-order valence-corrected chi connectivity index (χ3v) is 3.87. The van der Waals surface area contributed by atoms with Crippen LogP contribution in [0.4, 0.5) is 0 Å². The fourth-order valence-electron chi connectivity index (χ4n) is 1.63. The molecule has 5 heteroatoms. The summed E-state index contributed by atoms with van der Waals surface area (Å²) in [7, 11) is 1.70. The summed E-state index contributed by atoms with van der Waals surface area (Å²) < 4.78 is 10.3. The van der Waals surface area contributed by atoms with Gasteiger partial charge in [0.15, 0.2) is 0 Å². The van der Waals surface area contributed by atoms with E-state index in [2.05, 4.69) is 16.4 Å². The van der Waals surface area contributed by atoms with E-state index < -0.39 is 0 Å². The van der Waals surface area contributed by atoms with Crippen LogP contribution in [-0.4, -0.2) is 25.2 Å². The molecule has 0 spiro atoms. The fourth-order valence-corrected chi connectivity index (χ4v) is 2.54. The Kier molecular flexibility index (Phi) is 5.44. The predicted octanol–water partition coefficient (Wildman–Crippen LogP) is 2.87. The lowest BCUT2D eigenvalue weighted by atomic mass is 10.3. The molecule has 0 aliphatic rings. The quantitative estimate of drug-likeness (QED) is 0.789. The van der Waals surface area contributed by atoms with Gasteiger partial charge >= 0.3 is 0 Å². The maximum atomic E-state index is 5.31. The number of aromatic nitrogens is 1. The summed E-state index contributed by atoms with van der Waals surface area (Å²) in [5.74, 6) is 0.925. The lowest BCUT2D eigenvalue weighted by Crippen LogP contribution is -2.19. The lowest BCUT2D eigenvalue weighted by molar-refractivity contribution is 0.199. The Morgan fingerprint density at radius 3 is 3.05 bits per heavy atom. The molecule has 0 fully saturated rings. The van der Waals surface area contributed by atoms with Crippen molar-refractivity contribution in [3.63, 3.8) is 0 Å². The highest BCUT2D eigenvalue weighted by Crippen LogP contribution is 2.31. The van der Waals surface area contributed by atoms with E-state index in [9.17, 15) is 0 Å². The third kappa shape index (κ3) is 4.09. The topological polar surface area (TPSA) is 47.3 Å². The highest BCUT2D eigenvalue weighted by atomic mass is 32.2. The van der Waals surface area contributed by atoms with Crippen LogP contribution in [-0.2, 0) is 11.3 Å². The largest absolute Gasteiger partial charge is 0.468 e. The van der Waals surface area contributed by atoms with Crippen molar-refractivity contribution in [2.75, 3.05) is 20.3 Å². The van der Waals surface area contributed by atoms with Crippen molar-refractivity contribution in [1.29, 1.82) is 0 Å². The van der Waals surface area contributed by atoms with E-state index in [1.165, 1.54) is 5.56 Å². The number of hydrogen-bond acceptors (Lipinski definition) is 5. The van der Waals surface area contributed by atoms with Crippen LogP contribution in [0.1, 0.15) is 11.3 Å². The average Bonchev–Trinajstić information content (AvgIpc) is 2.82. The van der Waals surface area contributed by atoms with Gasteiger partial charge in [0.1, 0.15) is 10.8 Å². The molecule has 1 N–H and O–H groups in total. The average molecular weight is 278 g/mol. The molecule has 0 amide bonds. The Balaban J connectivity index is 2.02. The molecule has 0 saturated carbocycles. The summed E-state index contributed by atoms with van der Waals surface area (Å²) in [4.78, 5) is 5.55. The zero-order valence-electron chi connectivity index (χ0n) is 11.2. The molecule has 2 aromatic heterocycles. The number of aryl methyl sites for hydroxylation is 1. The van der Waals surface area contributed by atoms with Gasteiger partial charge in [0, 0.05) is 26.4 Å². The molecule has 0 saturated heterocycles. The van der Waals surface area contributed by atoms with E-state index in [0.29, 0.717) is 6.61 Å². The van der Waals surface area contributed by atoms with Gasteiger partial charge in [0.05, 0.1) is 17.8 Å².